The van der Waals surface area contributed by atoms with Gasteiger partial charge in [0.1, 0.15) is 5.75 Å². The molecule has 0 radical (unpaired) electrons. The number of benzene rings is 1. The van der Waals surface area contributed by atoms with Crippen LogP contribution in [-0.4, -0.2) is 6.61 Å². The molecule has 1 nitrogen and oxygen atoms in total. The van der Waals surface area contributed by atoms with E-state index in [0.717, 1.165) is 18.8 Å². The molecule has 1 aliphatic heterocycles. The van der Waals surface area contributed by atoms with Gasteiger partial charge in [-0.3, -0.25) is 0 Å². The summed E-state index contributed by atoms with van der Waals surface area (Å²) in [5.41, 5.74) is 1.37. The maximum absolute atomic E-state index is 5.70. The summed E-state index contributed by atoms with van der Waals surface area (Å²) in [7, 11) is 0. The first-order valence-electron chi connectivity index (χ1n) is 4.57. The predicted molar refractivity (Wildman–Crippen MR) is 55.6 cm³/mol. The average Bonchev–Trinajstić information content (AvgIpc) is 2.65. The van der Waals surface area contributed by atoms with Crippen LogP contribution in [0.2, 0.25) is 0 Å². The molecule has 0 amide bonds. The Morgan fingerprint density at radius 3 is 3.23 bits per heavy atom. The lowest BCUT2D eigenvalue weighted by Gasteiger charge is -2.17. The molecule has 0 saturated carbocycles. The van der Waals surface area contributed by atoms with E-state index in [9.17, 15) is 0 Å². The first-order valence-corrected chi connectivity index (χ1v) is 5.45. The summed E-state index contributed by atoms with van der Waals surface area (Å²) in [6, 6.07) is 6.56. The molecule has 0 fully saturated rings. The van der Waals surface area contributed by atoms with E-state index in [2.05, 4.69) is 23.6 Å². The van der Waals surface area contributed by atoms with E-state index in [1.165, 1.54) is 22.1 Å². The molecule has 13 heavy (non-hydrogen) atoms. The Hall–Kier alpha value is -1.02. The molecule has 3 rings (SSSR count). The van der Waals surface area contributed by atoms with Crippen LogP contribution in [0.3, 0.4) is 0 Å². The monoisotopic (exact) mass is 190 g/mol. The normalized spacial score (nSPS) is 15.4. The van der Waals surface area contributed by atoms with Gasteiger partial charge in [-0.2, -0.15) is 0 Å². The summed E-state index contributed by atoms with van der Waals surface area (Å²) in [6.07, 6.45) is 2.32. The van der Waals surface area contributed by atoms with Gasteiger partial charge >= 0.3 is 0 Å². The molecule has 0 saturated heterocycles. The van der Waals surface area contributed by atoms with Crippen LogP contribution in [0, 0.1) is 0 Å². The molecule has 2 heteroatoms. The van der Waals surface area contributed by atoms with Crippen LogP contribution >= 0.6 is 11.3 Å². The van der Waals surface area contributed by atoms with Crippen molar-refractivity contribution >= 4 is 21.4 Å². The predicted octanol–water partition coefficient (Wildman–Crippen LogP) is 3.23. The minimum atomic E-state index is 0.877. The Morgan fingerprint density at radius 1 is 1.23 bits per heavy atom. The fraction of sp³-hybridized carbons (Fsp3) is 0.273. The molecule has 66 valence electrons. The first kappa shape index (κ1) is 7.39. The summed E-state index contributed by atoms with van der Waals surface area (Å²) < 4.78 is 7.04. The van der Waals surface area contributed by atoms with Gasteiger partial charge < -0.3 is 4.74 Å². The summed E-state index contributed by atoms with van der Waals surface area (Å²) in [5.74, 6) is 1.13. The van der Waals surface area contributed by atoms with Crippen LogP contribution in [0.4, 0.5) is 0 Å². The van der Waals surface area contributed by atoms with Gasteiger partial charge in [0.05, 0.1) is 6.61 Å². The van der Waals surface area contributed by atoms with Gasteiger partial charge in [0.25, 0.3) is 0 Å². The van der Waals surface area contributed by atoms with Crippen molar-refractivity contribution in [3.63, 3.8) is 0 Å². The number of thiophene rings is 1. The van der Waals surface area contributed by atoms with Gasteiger partial charge in [-0.25, -0.2) is 0 Å². The third-order valence-electron chi connectivity index (χ3n) is 2.50. The smallest absolute Gasteiger partial charge is 0.131 e. The Balaban J connectivity index is 2.34. The zero-order valence-electron chi connectivity index (χ0n) is 7.25. The van der Waals surface area contributed by atoms with Crippen molar-refractivity contribution in [3.8, 4) is 5.75 Å². The van der Waals surface area contributed by atoms with Gasteiger partial charge in [-0.15, -0.1) is 11.3 Å². The van der Waals surface area contributed by atoms with Gasteiger partial charge in [0.15, 0.2) is 0 Å². The Kier molecular flexibility index (Phi) is 1.56. The highest BCUT2D eigenvalue weighted by atomic mass is 32.1. The Labute approximate surface area is 81.0 Å². The lowest BCUT2D eigenvalue weighted by Crippen LogP contribution is -2.07. The van der Waals surface area contributed by atoms with Crippen molar-refractivity contribution in [1.29, 1.82) is 0 Å². The minimum Gasteiger partial charge on any atom is -0.493 e. The highest BCUT2D eigenvalue weighted by Gasteiger charge is 2.13. The van der Waals surface area contributed by atoms with E-state index < -0.39 is 0 Å². The largest absolute Gasteiger partial charge is 0.493 e. The van der Waals surface area contributed by atoms with Crippen molar-refractivity contribution in [3.05, 3.63) is 29.1 Å². The lowest BCUT2D eigenvalue weighted by atomic mass is 10.0. The average molecular weight is 190 g/mol. The Bertz CT molecular complexity index is 444. The number of ether oxygens (including phenoxy) is 1. The van der Waals surface area contributed by atoms with Crippen LogP contribution in [-0.2, 0) is 6.42 Å². The third-order valence-corrected chi connectivity index (χ3v) is 3.39. The standard InChI is InChI=1S/C11H10OS/c1-2-8-3-4-10-9(5-7-13-10)11(8)12-6-1/h3-5,7H,1-2,6H2. The summed E-state index contributed by atoms with van der Waals surface area (Å²) in [4.78, 5) is 0. The van der Waals surface area contributed by atoms with Crippen molar-refractivity contribution in [1.82, 2.24) is 0 Å². The lowest BCUT2D eigenvalue weighted by molar-refractivity contribution is 0.292. The molecule has 0 unspecified atom stereocenters. The summed E-state index contributed by atoms with van der Waals surface area (Å²) in [6.45, 7) is 0.877. The zero-order chi connectivity index (χ0) is 8.67. The van der Waals surface area contributed by atoms with E-state index >= 15 is 0 Å². The molecular weight excluding hydrogens is 180 g/mol. The number of rotatable bonds is 0. The van der Waals surface area contributed by atoms with Gasteiger partial charge in [-0.1, -0.05) is 6.07 Å². The molecule has 0 bridgehead atoms. The molecule has 0 aliphatic carbocycles. The number of hydrogen-bond donors (Lipinski definition) is 0. The van der Waals surface area contributed by atoms with Crippen molar-refractivity contribution in [2.75, 3.05) is 6.61 Å². The van der Waals surface area contributed by atoms with Crippen LogP contribution in [0.1, 0.15) is 12.0 Å². The number of hydrogen-bond acceptors (Lipinski definition) is 2. The highest BCUT2D eigenvalue weighted by molar-refractivity contribution is 7.17. The summed E-state index contributed by atoms with van der Waals surface area (Å²) in [5, 5.41) is 3.42. The fourth-order valence-electron chi connectivity index (χ4n) is 1.87. The fourth-order valence-corrected chi connectivity index (χ4v) is 2.65. The molecule has 1 aromatic heterocycles. The minimum absolute atomic E-state index is 0.877. The molecule has 0 spiro atoms. The van der Waals surface area contributed by atoms with E-state index in [1.54, 1.807) is 11.3 Å². The van der Waals surface area contributed by atoms with E-state index in [4.69, 9.17) is 4.74 Å². The highest BCUT2D eigenvalue weighted by Crippen LogP contribution is 2.35. The third kappa shape index (κ3) is 1.05. The SMILES string of the molecule is c1cc2c3c(ccc2s1)CCCO3. The zero-order valence-corrected chi connectivity index (χ0v) is 8.06. The molecule has 2 aromatic rings. The molecule has 2 heterocycles. The van der Waals surface area contributed by atoms with Crippen molar-refractivity contribution < 1.29 is 4.74 Å². The van der Waals surface area contributed by atoms with Crippen LogP contribution in [0.5, 0.6) is 5.75 Å². The second-order valence-electron chi connectivity index (χ2n) is 3.34. The van der Waals surface area contributed by atoms with Crippen LogP contribution in [0.15, 0.2) is 23.6 Å². The molecule has 1 aliphatic rings. The number of aryl methyl sites for hydroxylation is 1. The van der Waals surface area contributed by atoms with Gasteiger partial charge in [0.2, 0.25) is 0 Å². The molecular formula is C11H10OS. The topological polar surface area (TPSA) is 9.23 Å². The summed E-state index contributed by atoms with van der Waals surface area (Å²) >= 11 is 1.78. The van der Waals surface area contributed by atoms with Crippen LogP contribution < -0.4 is 4.74 Å². The maximum Gasteiger partial charge on any atom is 0.131 e. The van der Waals surface area contributed by atoms with Crippen molar-refractivity contribution in [2.45, 2.75) is 12.8 Å². The van der Waals surface area contributed by atoms with E-state index in [-0.39, 0.29) is 0 Å². The Morgan fingerprint density at radius 2 is 2.23 bits per heavy atom. The van der Waals surface area contributed by atoms with E-state index in [1.807, 2.05) is 0 Å². The van der Waals surface area contributed by atoms with Gasteiger partial charge in [-0.05, 0) is 35.9 Å². The first-order chi connectivity index (χ1) is 6.45. The van der Waals surface area contributed by atoms with Gasteiger partial charge in [0, 0.05) is 10.1 Å². The molecule has 0 atom stereocenters. The second kappa shape index (κ2) is 2.74. The second-order valence-corrected chi connectivity index (χ2v) is 4.29. The quantitative estimate of drug-likeness (QED) is 0.619. The molecule has 1 aromatic carbocycles. The van der Waals surface area contributed by atoms with Crippen molar-refractivity contribution in [2.24, 2.45) is 0 Å². The van der Waals surface area contributed by atoms with Crippen LogP contribution in [0.25, 0.3) is 10.1 Å². The van der Waals surface area contributed by atoms with E-state index in [0.29, 0.717) is 0 Å². The number of fused-ring (bicyclic) bond motifs is 3. The maximum atomic E-state index is 5.70. The molecule has 0 N–H and O–H groups in total.